The second kappa shape index (κ2) is 6.45. The lowest BCUT2D eigenvalue weighted by molar-refractivity contribution is 0.452. The van der Waals surface area contributed by atoms with Gasteiger partial charge in [-0.15, -0.1) is 5.10 Å². The average Bonchev–Trinajstić information content (AvgIpc) is 2.42. The third-order valence-electron chi connectivity index (χ3n) is 2.36. The summed E-state index contributed by atoms with van der Waals surface area (Å²) in [5.74, 6) is 0.268. The van der Waals surface area contributed by atoms with Crippen LogP contribution in [0.3, 0.4) is 0 Å². The van der Waals surface area contributed by atoms with Crippen molar-refractivity contribution < 1.29 is 9.13 Å². The van der Waals surface area contributed by atoms with Crippen molar-refractivity contribution in [3.05, 3.63) is 46.9 Å². The molecule has 0 aliphatic rings. The molecule has 1 aromatic carbocycles. The van der Waals surface area contributed by atoms with Crippen LogP contribution >= 0.6 is 11.6 Å². The van der Waals surface area contributed by atoms with Gasteiger partial charge >= 0.3 is 0 Å². The second-order valence-electron chi connectivity index (χ2n) is 3.82. The molecule has 0 radical (unpaired) electrons. The summed E-state index contributed by atoms with van der Waals surface area (Å²) >= 11 is 5.66. The Morgan fingerprint density at radius 1 is 1.26 bits per heavy atom. The van der Waals surface area contributed by atoms with Crippen molar-refractivity contribution >= 4 is 11.6 Å². The fourth-order valence-electron chi connectivity index (χ4n) is 1.41. The van der Waals surface area contributed by atoms with Gasteiger partial charge in [-0.25, -0.2) is 4.39 Å². The average molecular weight is 282 g/mol. The molecule has 6 heteroatoms. The summed E-state index contributed by atoms with van der Waals surface area (Å²) < 4.78 is 18.4. The highest BCUT2D eigenvalue weighted by atomic mass is 35.5. The van der Waals surface area contributed by atoms with Crippen molar-refractivity contribution in [3.63, 3.8) is 0 Å². The fourth-order valence-corrected chi connectivity index (χ4v) is 1.58. The Hall–Kier alpha value is -1.72. The van der Waals surface area contributed by atoms with E-state index in [1.807, 2.05) is 13.0 Å². The summed E-state index contributed by atoms with van der Waals surface area (Å²) in [7, 11) is 0. The Morgan fingerprint density at radius 2 is 2.11 bits per heavy atom. The van der Waals surface area contributed by atoms with Crippen molar-refractivity contribution in [3.8, 4) is 11.6 Å². The van der Waals surface area contributed by atoms with E-state index < -0.39 is 5.82 Å². The minimum atomic E-state index is -0.485. The molecular weight excluding hydrogens is 269 g/mol. The number of benzene rings is 1. The quantitative estimate of drug-likeness (QED) is 0.914. The minimum absolute atomic E-state index is 0.00854. The highest BCUT2D eigenvalue weighted by Crippen LogP contribution is 2.24. The summed E-state index contributed by atoms with van der Waals surface area (Å²) in [6, 6.07) is 7.64. The molecule has 19 heavy (non-hydrogen) atoms. The van der Waals surface area contributed by atoms with Crippen LogP contribution in [-0.2, 0) is 6.54 Å². The van der Waals surface area contributed by atoms with Crippen LogP contribution in [0.4, 0.5) is 4.39 Å². The maximum atomic E-state index is 13.0. The van der Waals surface area contributed by atoms with Gasteiger partial charge in [0.25, 0.3) is 0 Å². The second-order valence-corrected chi connectivity index (χ2v) is 4.23. The molecule has 1 N–H and O–H groups in total. The number of nitrogens with one attached hydrogen (secondary N) is 1. The predicted octanol–water partition coefficient (Wildman–Crippen LogP) is 3.17. The topological polar surface area (TPSA) is 47.0 Å². The summed E-state index contributed by atoms with van der Waals surface area (Å²) in [6.45, 7) is 3.54. The van der Waals surface area contributed by atoms with E-state index in [-0.39, 0.29) is 5.02 Å². The van der Waals surface area contributed by atoms with E-state index >= 15 is 0 Å². The number of nitrogens with zero attached hydrogens (tertiary/aromatic N) is 2. The zero-order chi connectivity index (χ0) is 13.7. The Morgan fingerprint density at radius 3 is 2.74 bits per heavy atom. The molecule has 0 spiro atoms. The Kier molecular flexibility index (Phi) is 4.65. The number of hydrogen-bond donors (Lipinski definition) is 1. The molecule has 0 unspecified atom stereocenters. The maximum absolute atomic E-state index is 13.0. The largest absolute Gasteiger partial charge is 0.437 e. The highest BCUT2D eigenvalue weighted by Gasteiger charge is 2.04. The lowest BCUT2D eigenvalue weighted by atomic mass is 10.3. The lowest BCUT2D eigenvalue weighted by Gasteiger charge is -2.05. The summed E-state index contributed by atoms with van der Waals surface area (Å²) in [4.78, 5) is 0. The molecule has 0 aliphatic carbocycles. The van der Waals surface area contributed by atoms with Gasteiger partial charge in [-0.1, -0.05) is 18.5 Å². The molecule has 2 aromatic rings. The molecule has 1 aromatic heterocycles. The molecule has 0 amide bonds. The number of ether oxygens (including phenoxy) is 1. The molecule has 0 bridgehead atoms. The molecule has 4 nitrogen and oxygen atoms in total. The molecule has 1 heterocycles. The smallest absolute Gasteiger partial charge is 0.238 e. The van der Waals surface area contributed by atoms with Crippen molar-refractivity contribution in [2.75, 3.05) is 6.54 Å². The van der Waals surface area contributed by atoms with Crippen molar-refractivity contribution in [2.24, 2.45) is 0 Å². The minimum Gasteiger partial charge on any atom is -0.437 e. The summed E-state index contributed by atoms with van der Waals surface area (Å²) in [5.41, 5.74) is 0.825. The molecule has 2 rings (SSSR count). The standard InChI is InChI=1S/C13H13ClFN3O/c1-2-16-8-9-3-6-13(18-17-9)19-10-4-5-12(15)11(14)7-10/h3-7,16H,2,8H2,1H3. The number of hydrogen-bond acceptors (Lipinski definition) is 4. The zero-order valence-corrected chi connectivity index (χ0v) is 11.1. The first-order valence-corrected chi connectivity index (χ1v) is 6.23. The Labute approximate surface area is 115 Å². The summed E-state index contributed by atoms with van der Waals surface area (Å²) in [5, 5.41) is 11.1. The van der Waals surface area contributed by atoms with Gasteiger partial charge < -0.3 is 10.1 Å². The SMILES string of the molecule is CCNCc1ccc(Oc2ccc(F)c(Cl)c2)nn1. The number of rotatable bonds is 5. The van der Waals surface area contributed by atoms with Crippen LogP contribution in [0.1, 0.15) is 12.6 Å². The molecule has 100 valence electrons. The third kappa shape index (κ3) is 3.87. The van der Waals surface area contributed by atoms with Crippen LogP contribution in [0.5, 0.6) is 11.6 Å². The van der Waals surface area contributed by atoms with Gasteiger partial charge in [0.05, 0.1) is 10.7 Å². The lowest BCUT2D eigenvalue weighted by Crippen LogP contribution is -2.13. The van der Waals surface area contributed by atoms with E-state index in [9.17, 15) is 4.39 Å². The van der Waals surface area contributed by atoms with E-state index in [1.54, 1.807) is 6.07 Å². The van der Waals surface area contributed by atoms with Crippen molar-refractivity contribution in [1.29, 1.82) is 0 Å². The maximum Gasteiger partial charge on any atom is 0.238 e. The van der Waals surface area contributed by atoms with Crippen LogP contribution in [-0.4, -0.2) is 16.7 Å². The normalized spacial score (nSPS) is 10.5. The highest BCUT2D eigenvalue weighted by molar-refractivity contribution is 6.30. The van der Waals surface area contributed by atoms with E-state index in [0.717, 1.165) is 12.2 Å². The monoisotopic (exact) mass is 281 g/mol. The molecule has 0 atom stereocenters. The van der Waals surface area contributed by atoms with Crippen LogP contribution in [0, 0.1) is 5.82 Å². The first kappa shape index (κ1) is 13.7. The van der Waals surface area contributed by atoms with Gasteiger partial charge in [-0.2, -0.15) is 5.10 Å². The van der Waals surface area contributed by atoms with Gasteiger partial charge in [0.2, 0.25) is 5.88 Å². The Bertz CT molecular complexity index is 548. The van der Waals surface area contributed by atoms with Crippen LogP contribution in [0.15, 0.2) is 30.3 Å². The summed E-state index contributed by atoms with van der Waals surface area (Å²) in [6.07, 6.45) is 0. The first-order valence-electron chi connectivity index (χ1n) is 5.85. The van der Waals surface area contributed by atoms with Crippen LogP contribution in [0.25, 0.3) is 0 Å². The van der Waals surface area contributed by atoms with Gasteiger partial charge in [-0.3, -0.25) is 0 Å². The molecule has 0 saturated heterocycles. The van der Waals surface area contributed by atoms with Gasteiger partial charge in [0, 0.05) is 18.7 Å². The third-order valence-corrected chi connectivity index (χ3v) is 2.65. The molecule has 0 aliphatic heterocycles. The van der Waals surface area contributed by atoms with Crippen molar-refractivity contribution in [1.82, 2.24) is 15.5 Å². The van der Waals surface area contributed by atoms with Crippen molar-refractivity contribution in [2.45, 2.75) is 13.5 Å². The predicted molar refractivity (Wildman–Crippen MR) is 70.9 cm³/mol. The molecule has 0 saturated carbocycles. The number of aromatic nitrogens is 2. The Balaban J connectivity index is 2.04. The fraction of sp³-hybridized carbons (Fsp3) is 0.231. The molecular formula is C13H13ClFN3O. The first-order chi connectivity index (χ1) is 9.19. The molecule has 0 fully saturated rings. The van der Waals surface area contributed by atoms with E-state index in [4.69, 9.17) is 16.3 Å². The van der Waals surface area contributed by atoms with Crippen LogP contribution < -0.4 is 10.1 Å². The van der Waals surface area contributed by atoms with E-state index in [1.165, 1.54) is 18.2 Å². The van der Waals surface area contributed by atoms with Gasteiger partial charge in [0.1, 0.15) is 11.6 Å². The van der Waals surface area contributed by atoms with Gasteiger partial charge in [0.15, 0.2) is 0 Å². The van der Waals surface area contributed by atoms with E-state index in [0.29, 0.717) is 18.2 Å². The number of halogens is 2. The zero-order valence-electron chi connectivity index (χ0n) is 10.4. The van der Waals surface area contributed by atoms with E-state index in [2.05, 4.69) is 15.5 Å². The van der Waals surface area contributed by atoms with Crippen LogP contribution in [0.2, 0.25) is 5.02 Å². The van der Waals surface area contributed by atoms with Gasteiger partial charge in [-0.05, 0) is 24.7 Å².